The van der Waals surface area contributed by atoms with Crippen molar-refractivity contribution in [1.82, 2.24) is 14.9 Å². The van der Waals surface area contributed by atoms with Crippen molar-refractivity contribution in [2.75, 3.05) is 38.4 Å². The van der Waals surface area contributed by atoms with E-state index < -0.39 is 48.1 Å². The summed E-state index contributed by atoms with van der Waals surface area (Å²) in [5, 5.41) is 2.57. The van der Waals surface area contributed by atoms with Crippen LogP contribution in [0.4, 0.5) is 23.2 Å². The Bertz CT molecular complexity index is 1780. The predicted octanol–water partition coefficient (Wildman–Crippen LogP) is 4.63. The summed E-state index contributed by atoms with van der Waals surface area (Å²) in [7, 11) is 2.88. The van der Waals surface area contributed by atoms with Crippen molar-refractivity contribution >= 4 is 17.6 Å². The van der Waals surface area contributed by atoms with E-state index >= 15 is 4.39 Å². The fraction of sp³-hybridized carbons (Fsp3) is 0.486. The number of nitrogens with zero attached hydrogens (tertiary/aromatic N) is 3. The van der Waals surface area contributed by atoms with E-state index in [0.29, 0.717) is 49.2 Å². The Morgan fingerprint density at radius 3 is 2.57 bits per heavy atom. The van der Waals surface area contributed by atoms with E-state index in [-0.39, 0.29) is 42.1 Å². The molecule has 264 valence electrons. The molecule has 10 nitrogen and oxygen atoms in total. The highest BCUT2D eigenvalue weighted by molar-refractivity contribution is 5.98. The van der Waals surface area contributed by atoms with Gasteiger partial charge in [-0.2, -0.15) is 13.2 Å². The maximum Gasteiger partial charge on any atom is 0.411 e. The van der Waals surface area contributed by atoms with Gasteiger partial charge in [-0.1, -0.05) is 19.9 Å². The van der Waals surface area contributed by atoms with E-state index in [0.717, 1.165) is 35.0 Å². The zero-order valence-electron chi connectivity index (χ0n) is 28.1. The Hall–Kier alpha value is -4.46. The molecule has 2 aliphatic heterocycles. The summed E-state index contributed by atoms with van der Waals surface area (Å²) in [5.74, 6) is -2.26. The number of halogens is 4. The highest BCUT2D eigenvalue weighted by Gasteiger charge is 2.45. The van der Waals surface area contributed by atoms with Crippen molar-refractivity contribution < 1.29 is 41.4 Å². The number of nitrogens with one attached hydrogen (secondary N) is 1. The smallest absolute Gasteiger partial charge is 0.411 e. The Morgan fingerprint density at radius 1 is 1.16 bits per heavy atom. The number of alkyl halides is 3. The van der Waals surface area contributed by atoms with Crippen molar-refractivity contribution in [2.24, 2.45) is 7.05 Å². The monoisotopic (exact) mass is 688 g/mol. The number of esters is 1. The van der Waals surface area contributed by atoms with Gasteiger partial charge in [0.25, 0.3) is 11.5 Å². The molecule has 2 aromatic carbocycles. The van der Waals surface area contributed by atoms with E-state index in [1.54, 1.807) is 23.7 Å². The minimum atomic E-state index is -4.61. The number of aromatic nitrogens is 2. The van der Waals surface area contributed by atoms with Crippen molar-refractivity contribution in [2.45, 2.75) is 71.1 Å². The lowest BCUT2D eigenvalue weighted by atomic mass is 9.91. The van der Waals surface area contributed by atoms with Crippen LogP contribution >= 0.6 is 0 Å². The standard InChI is InChI=1S/C35H40F4N4O6/c1-6-25-27(7-2)42(4)33(45)30(40-25)23-11-10-20(22-9-8-13-49-31(22)23)16-26(34(46)47-5)41-32(44)29-19(3)15-21(17-24(29)36)43-12-14-48-18-28(43)35(37,38)39/h10-11,15,17,26,28H,6-9,12-14,16,18H2,1-5H3,(H,41,44)/t26-,28+/m0/s1. The lowest BCUT2D eigenvalue weighted by Crippen LogP contribution is -2.53. The Balaban J connectivity index is 1.46. The quantitative estimate of drug-likeness (QED) is 0.256. The van der Waals surface area contributed by atoms with E-state index in [4.69, 9.17) is 19.2 Å². The molecule has 2 aliphatic rings. The molecule has 0 spiro atoms. The number of aryl methyl sites for hydroxylation is 2. The van der Waals surface area contributed by atoms with E-state index in [2.05, 4.69) is 5.32 Å². The first-order valence-electron chi connectivity index (χ1n) is 16.3. The van der Waals surface area contributed by atoms with Gasteiger partial charge < -0.3 is 29.0 Å². The van der Waals surface area contributed by atoms with E-state index in [9.17, 15) is 27.6 Å². The van der Waals surface area contributed by atoms with Crippen LogP contribution in [0, 0.1) is 12.7 Å². The molecular formula is C35H40F4N4O6. The topological polar surface area (TPSA) is 112 Å². The molecule has 3 aromatic rings. The average Bonchev–Trinajstić information content (AvgIpc) is 3.08. The number of morpholine rings is 1. The zero-order valence-corrected chi connectivity index (χ0v) is 28.1. The van der Waals surface area contributed by atoms with Crippen LogP contribution in [0.5, 0.6) is 5.75 Å². The largest absolute Gasteiger partial charge is 0.493 e. The van der Waals surface area contributed by atoms with Gasteiger partial charge in [0.05, 0.1) is 38.2 Å². The van der Waals surface area contributed by atoms with Crippen LogP contribution in [0.3, 0.4) is 0 Å². The van der Waals surface area contributed by atoms with Crippen LogP contribution in [-0.4, -0.2) is 73.2 Å². The number of benzene rings is 2. The van der Waals surface area contributed by atoms with Crippen LogP contribution in [0.25, 0.3) is 11.3 Å². The summed E-state index contributed by atoms with van der Waals surface area (Å²) in [4.78, 5) is 45.6. The Kier molecular flexibility index (Phi) is 10.7. The minimum Gasteiger partial charge on any atom is -0.493 e. The molecular weight excluding hydrogens is 648 g/mol. The van der Waals surface area contributed by atoms with Gasteiger partial charge in [-0.3, -0.25) is 9.59 Å². The summed E-state index contributed by atoms with van der Waals surface area (Å²) >= 11 is 0. The second kappa shape index (κ2) is 14.6. The van der Waals surface area contributed by atoms with Crippen molar-refractivity contribution in [3.8, 4) is 17.0 Å². The molecule has 1 N–H and O–H groups in total. The van der Waals surface area contributed by atoms with Gasteiger partial charge >= 0.3 is 12.1 Å². The fourth-order valence-corrected chi connectivity index (χ4v) is 6.68. The Labute approximate surface area is 281 Å². The number of ether oxygens (including phenoxy) is 3. The lowest BCUT2D eigenvalue weighted by Gasteiger charge is -2.38. The first kappa shape index (κ1) is 35.8. The summed E-state index contributed by atoms with van der Waals surface area (Å²) in [6, 6.07) is 2.46. The molecule has 14 heteroatoms. The second-order valence-electron chi connectivity index (χ2n) is 12.2. The van der Waals surface area contributed by atoms with Gasteiger partial charge in [0.15, 0.2) is 0 Å². The lowest BCUT2D eigenvalue weighted by molar-refractivity contribution is -0.167. The predicted molar refractivity (Wildman–Crippen MR) is 174 cm³/mol. The molecule has 2 atom stereocenters. The maximum atomic E-state index is 15.5. The molecule has 3 heterocycles. The average molecular weight is 689 g/mol. The zero-order chi connectivity index (χ0) is 35.6. The van der Waals surface area contributed by atoms with Gasteiger partial charge in [-0.05, 0) is 67.5 Å². The summed E-state index contributed by atoms with van der Waals surface area (Å²) in [6.45, 7) is 5.09. The molecule has 0 saturated carbocycles. The molecule has 0 aliphatic carbocycles. The number of rotatable bonds is 9. The summed E-state index contributed by atoms with van der Waals surface area (Å²) < 4.78 is 74.2. The highest BCUT2D eigenvalue weighted by Crippen LogP contribution is 2.38. The number of hydrogen-bond acceptors (Lipinski definition) is 8. The number of amides is 1. The van der Waals surface area contributed by atoms with E-state index in [1.165, 1.54) is 13.0 Å². The first-order chi connectivity index (χ1) is 23.3. The number of hydrogen-bond donors (Lipinski definition) is 1. The molecule has 1 aromatic heterocycles. The minimum absolute atomic E-state index is 0.0318. The molecule has 0 radical (unpaired) electrons. The van der Waals surface area contributed by atoms with Gasteiger partial charge in [0, 0.05) is 37.0 Å². The second-order valence-corrected chi connectivity index (χ2v) is 12.2. The molecule has 1 saturated heterocycles. The van der Waals surface area contributed by atoms with Gasteiger partial charge in [0.2, 0.25) is 0 Å². The number of carbonyl (C=O) groups excluding carboxylic acids is 2. The molecule has 1 fully saturated rings. The third-order valence-electron chi connectivity index (χ3n) is 9.14. The normalized spacial score (nSPS) is 16.8. The third kappa shape index (κ3) is 7.15. The summed E-state index contributed by atoms with van der Waals surface area (Å²) in [5.41, 5.74) is 3.25. The number of anilines is 1. The molecule has 0 unspecified atom stereocenters. The van der Waals surface area contributed by atoms with Crippen LogP contribution in [0.1, 0.15) is 58.7 Å². The maximum absolute atomic E-state index is 15.5. The van der Waals surface area contributed by atoms with Crippen molar-refractivity contribution in [3.63, 3.8) is 0 Å². The number of methoxy groups -OCH3 is 1. The highest BCUT2D eigenvalue weighted by atomic mass is 19.4. The summed E-state index contributed by atoms with van der Waals surface area (Å²) in [6.07, 6.45) is -2.12. The van der Waals surface area contributed by atoms with Crippen LogP contribution in [-0.2, 0) is 47.0 Å². The molecule has 49 heavy (non-hydrogen) atoms. The van der Waals surface area contributed by atoms with Crippen molar-refractivity contribution in [3.05, 3.63) is 74.1 Å². The molecule has 5 rings (SSSR count). The van der Waals surface area contributed by atoms with Gasteiger partial charge in [-0.15, -0.1) is 0 Å². The van der Waals surface area contributed by atoms with Crippen LogP contribution in [0.2, 0.25) is 0 Å². The third-order valence-corrected chi connectivity index (χ3v) is 9.14. The molecule has 1 amide bonds. The number of fused-ring (bicyclic) bond motifs is 1. The Morgan fingerprint density at radius 2 is 1.92 bits per heavy atom. The van der Waals surface area contributed by atoms with E-state index in [1.807, 2.05) is 13.8 Å². The molecule has 0 bridgehead atoms. The number of carbonyl (C=O) groups is 2. The fourth-order valence-electron chi connectivity index (χ4n) is 6.68. The van der Waals surface area contributed by atoms with Gasteiger partial charge in [0.1, 0.15) is 29.3 Å². The SMILES string of the molecule is CCc1nc(-c2ccc(C[C@H](NC(=O)c3c(C)cc(N4CCOC[C@@H]4C(F)(F)F)cc3F)C(=O)OC)c3c2OCCC3)c(=O)n(C)c1CC. The van der Waals surface area contributed by atoms with Crippen LogP contribution < -0.4 is 20.5 Å². The van der Waals surface area contributed by atoms with Crippen molar-refractivity contribution in [1.29, 1.82) is 0 Å². The van der Waals surface area contributed by atoms with Crippen LogP contribution in [0.15, 0.2) is 29.1 Å². The first-order valence-corrected chi connectivity index (χ1v) is 16.3. The van der Waals surface area contributed by atoms with Gasteiger partial charge in [-0.25, -0.2) is 14.2 Å².